The smallest absolute Gasteiger partial charge is 0.226 e. The lowest BCUT2D eigenvalue weighted by atomic mass is 10.1. The molecule has 0 bridgehead atoms. The van der Waals surface area contributed by atoms with Crippen molar-refractivity contribution in [1.82, 2.24) is 9.97 Å². The van der Waals surface area contributed by atoms with Crippen LogP contribution in [-0.4, -0.2) is 21.9 Å². The number of carbonyl (C=O) groups excluding carboxylic acids is 1. The van der Waals surface area contributed by atoms with Gasteiger partial charge >= 0.3 is 0 Å². The molecule has 3 N–H and O–H groups in total. The van der Waals surface area contributed by atoms with Gasteiger partial charge in [-0.3, -0.25) is 4.79 Å². The van der Waals surface area contributed by atoms with E-state index in [0.29, 0.717) is 0 Å². The Bertz CT molecular complexity index is 380. The van der Waals surface area contributed by atoms with Crippen LogP contribution in [0.5, 0.6) is 0 Å². The Kier molecular flexibility index (Phi) is 5.61. The maximum absolute atomic E-state index is 11.6. The highest BCUT2D eigenvalue weighted by molar-refractivity contribution is 6.38. The Hall–Kier alpha value is -0.910. The molecular weight excluding hydrogens is 263 g/mol. The number of halogens is 2. The standard InChI is InChI=1S/C10H14Cl2N4O/c1-2-3-6(13)4-7(17)16-8-9(11)14-5-15-10(8)12/h5-6H,2-4,13H2,1H3,(H,16,17). The minimum atomic E-state index is -0.246. The van der Waals surface area contributed by atoms with E-state index in [4.69, 9.17) is 28.9 Å². The van der Waals surface area contributed by atoms with Gasteiger partial charge in [-0.15, -0.1) is 0 Å². The summed E-state index contributed by atoms with van der Waals surface area (Å²) in [6.45, 7) is 2.01. The molecule has 0 fully saturated rings. The molecule has 0 aliphatic carbocycles. The lowest BCUT2D eigenvalue weighted by molar-refractivity contribution is -0.116. The molecule has 1 atom stereocenters. The summed E-state index contributed by atoms with van der Waals surface area (Å²) in [5, 5.41) is 2.79. The highest BCUT2D eigenvalue weighted by Crippen LogP contribution is 2.25. The van der Waals surface area contributed by atoms with Crippen molar-refractivity contribution in [2.75, 3.05) is 5.32 Å². The van der Waals surface area contributed by atoms with Gasteiger partial charge in [0.05, 0.1) is 0 Å². The zero-order valence-corrected chi connectivity index (χ0v) is 10.9. The predicted octanol–water partition coefficient (Wildman–Crippen LogP) is 2.24. The van der Waals surface area contributed by atoms with Crippen molar-refractivity contribution in [2.45, 2.75) is 32.2 Å². The molecule has 5 nitrogen and oxygen atoms in total. The van der Waals surface area contributed by atoms with E-state index < -0.39 is 0 Å². The van der Waals surface area contributed by atoms with Crippen molar-refractivity contribution in [2.24, 2.45) is 5.73 Å². The molecule has 0 aromatic carbocycles. The molecule has 0 spiro atoms. The number of carbonyl (C=O) groups is 1. The first-order valence-electron chi connectivity index (χ1n) is 5.26. The number of nitrogens with two attached hydrogens (primary N) is 1. The molecule has 94 valence electrons. The van der Waals surface area contributed by atoms with E-state index in [-0.39, 0.29) is 34.4 Å². The molecule has 1 rings (SSSR count). The summed E-state index contributed by atoms with van der Waals surface area (Å²) in [4.78, 5) is 19.1. The average Bonchev–Trinajstić information content (AvgIpc) is 2.24. The Morgan fingerprint density at radius 1 is 1.47 bits per heavy atom. The Morgan fingerprint density at radius 2 is 2.06 bits per heavy atom. The van der Waals surface area contributed by atoms with Crippen LogP contribution in [-0.2, 0) is 4.79 Å². The van der Waals surface area contributed by atoms with Crippen LogP contribution < -0.4 is 11.1 Å². The Balaban J connectivity index is 2.62. The second-order valence-electron chi connectivity index (χ2n) is 3.63. The fourth-order valence-electron chi connectivity index (χ4n) is 1.35. The van der Waals surface area contributed by atoms with E-state index in [0.717, 1.165) is 12.8 Å². The van der Waals surface area contributed by atoms with Crippen LogP contribution in [0.25, 0.3) is 0 Å². The van der Waals surface area contributed by atoms with Crippen LogP contribution in [0.1, 0.15) is 26.2 Å². The molecule has 0 aliphatic heterocycles. The number of anilines is 1. The molecule has 7 heteroatoms. The summed E-state index contributed by atoms with van der Waals surface area (Å²) in [6.07, 6.45) is 3.17. The summed E-state index contributed by atoms with van der Waals surface area (Å²) >= 11 is 11.6. The van der Waals surface area contributed by atoms with Crippen molar-refractivity contribution < 1.29 is 4.79 Å². The number of aromatic nitrogens is 2. The van der Waals surface area contributed by atoms with Crippen molar-refractivity contribution in [3.05, 3.63) is 16.6 Å². The summed E-state index contributed by atoms with van der Waals surface area (Å²) in [5.41, 5.74) is 5.98. The third kappa shape index (κ3) is 4.46. The van der Waals surface area contributed by atoms with E-state index in [1.807, 2.05) is 6.92 Å². The first-order chi connectivity index (χ1) is 8.04. The van der Waals surface area contributed by atoms with Crippen LogP contribution in [0.4, 0.5) is 5.69 Å². The van der Waals surface area contributed by atoms with Gasteiger partial charge in [0.15, 0.2) is 10.3 Å². The van der Waals surface area contributed by atoms with Crippen molar-refractivity contribution in [1.29, 1.82) is 0 Å². The van der Waals surface area contributed by atoms with E-state index in [1.165, 1.54) is 6.33 Å². The molecule has 0 saturated carbocycles. The van der Waals surface area contributed by atoms with Gasteiger partial charge in [-0.1, -0.05) is 36.5 Å². The van der Waals surface area contributed by atoms with Crippen LogP contribution in [0.3, 0.4) is 0 Å². The molecule has 0 radical (unpaired) electrons. The second-order valence-corrected chi connectivity index (χ2v) is 4.35. The number of hydrogen-bond donors (Lipinski definition) is 2. The molecule has 1 unspecified atom stereocenters. The fourth-order valence-corrected chi connectivity index (χ4v) is 1.76. The van der Waals surface area contributed by atoms with Crippen molar-refractivity contribution >= 4 is 34.8 Å². The van der Waals surface area contributed by atoms with Crippen molar-refractivity contribution in [3.63, 3.8) is 0 Å². The lowest BCUT2D eigenvalue weighted by Crippen LogP contribution is -2.27. The number of nitrogens with zero attached hydrogens (tertiary/aromatic N) is 2. The van der Waals surface area contributed by atoms with Crippen LogP contribution in [0.15, 0.2) is 6.33 Å². The van der Waals surface area contributed by atoms with Gasteiger partial charge < -0.3 is 11.1 Å². The third-order valence-electron chi connectivity index (χ3n) is 2.13. The first-order valence-corrected chi connectivity index (χ1v) is 6.01. The van der Waals surface area contributed by atoms with E-state index >= 15 is 0 Å². The lowest BCUT2D eigenvalue weighted by Gasteiger charge is -2.11. The maximum atomic E-state index is 11.6. The molecule has 1 aromatic rings. The van der Waals surface area contributed by atoms with Gasteiger partial charge in [0, 0.05) is 12.5 Å². The molecular formula is C10H14Cl2N4O. The number of hydrogen-bond acceptors (Lipinski definition) is 4. The molecule has 17 heavy (non-hydrogen) atoms. The predicted molar refractivity (Wildman–Crippen MR) is 68.2 cm³/mol. The topological polar surface area (TPSA) is 80.9 Å². The fraction of sp³-hybridized carbons (Fsp3) is 0.500. The largest absolute Gasteiger partial charge is 0.327 e. The molecule has 1 aromatic heterocycles. The third-order valence-corrected chi connectivity index (χ3v) is 2.70. The maximum Gasteiger partial charge on any atom is 0.226 e. The van der Waals surface area contributed by atoms with E-state index in [1.54, 1.807) is 0 Å². The Labute approximate surface area is 110 Å². The molecule has 1 amide bonds. The van der Waals surface area contributed by atoms with Gasteiger partial charge in [-0.05, 0) is 6.42 Å². The zero-order valence-electron chi connectivity index (χ0n) is 9.41. The summed E-state index contributed by atoms with van der Waals surface area (Å²) in [7, 11) is 0. The average molecular weight is 277 g/mol. The van der Waals surface area contributed by atoms with Gasteiger partial charge in [-0.25, -0.2) is 9.97 Å². The van der Waals surface area contributed by atoms with E-state index in [9.17, 15) is 4.79 Å². The molecule has 0 aliphatic rings. The summed E-state index contributed by atoms with van der Waals surface area (Å²) in [5.74, 6) is -0.246. The van der Waals surface area contributed by atoms with Crippen LogP contribution >= 0.6 is 23.2 Å². The van der Waals surface area contributed by atoms with Gasteiger partial charge in [0.1, 0.15) is 12.0 Å². The second kappa shape index (κ2) is 6.74. The number of nitrogens with one attached hydrogen (secondary N) is 1. The monoisotopic (exact) mass is 276 g/mol. The summed E-state index contributed by atoms with van der Waals surface area (Å²) in [6, 6.07) is -0.165. The Morgan fingerprint density at radius 3 is 2.59 bits per heavy atom. The summed E-state index contributed by atoms with van der Waals surface area (Å²) < 4.78 is 0. The van der Waals surface area contributed by atoms with Crippen molar-refractivity contribution in [3.8, 4) is 0 Å². The van der Waals surface area contributed by atoms with Crippen LogP contribution in [0, 0.1) is 0 Å². The highest BCUT2D eigenvalue weighted by atomic mass is 35.5. The first kappa shape index (κ1) is 14.2. The van der Waals surface area contributed by atoms with Crippen LogP contribution in [0.2, 0.25) is 10.3 Å². The van der Waals surface area contributed by atoms with Gasteiger partial charge in [0.25, 0.3) is 0 Å². The minimum Gasteiger partial charge on any atom is -0.327 e. The normalized spacial score (nSPS) is 12.2. The highest BCUT2D eigenvalue weighted by Gasteiger charge is 2.14. The number of amides is 1. The quantitative estimate of drug-likeness (QED) is 0.809. The van der Waals surface area contributed by atoms with Gasteiger partial charge in [0.2, 0.25) is 5.91 Å². The zero-order chi connectivity index (χ0) is 12.8. The molecule has 0 saturated heterocycles. The SMILES string of the molecule is CCCC(N)CC(=O)Nc1c(Cl)ncnc1Cl. The minimum absolute atomic E-state index is 0.113. The van der Waals surface area contributed by atoms with Gasteiger partial charge in [-0.2, -0.15) is 0 Å². The van der Waals surface area contributed by atoms with E-state index in [2.05, 4.69) is 15.3 Å². The molecule has 1 heterocycles. The number of rotatable bonds is 5.